The maximum Gasteiger partial charge on any atom is 0.174 e. The fourth-order valence-corrected chi connectivity index (χ4v) is 2.03. The van der Waals surface area contributed by atoms with Gasteiger partial charge in [0.2, 0.25) is 0 Å². The van der Waals surface area contributed by atoms with Gasteiger partial charge in [0.05, 0.1) is 13.3 Å². The van der Waals surface area contributed by atoms with Crippen LogP contribution in [0, 0.1) is 0 Å². The van der Waals surface area contributed by atoms with Crippen LogP contribution in [-0.4, -0.2) is 29.1 Å². The molecule has 6 heteroatoms. The molecule has 0 radical (unpaired) electrons. The zero-order chi connectivity index (χ0) is 17.3. The summed E-state index contributed by atoms with van der Waals surface area (Å²) in [5, 5.41) is 4.26. The van der Waals surface area contributed by atoms with Crippen LogP contribution in [0.2, 0.25) is 0 Å². The van der Waals surface area contributed by atoms with Crippen molar-refractivity contribution in [3.05, 3.63) is 84.3 Å². The molecule has 0 saturated heterocycles. The molecule has 0 unspecified atom stereocenters. The number of rotatable bonds is 5. The minimum absolute atomic E-state index is 0.518. The van der Waals surface area contributed by atoms with Gasteiger partial charge in [0.1, 0.15) is 11.4 Å². The molecule has 0 fully saturated rings. The van der Waals surface area contributed by atoms with E-state index in [9.17, 15) is 0 Å². The van der Waals surface area contributed by atoms with Crippen molar-refractivity contribution in [1.29, 1.82) is 0 Å². The van der Waals surface area contributed by atoms with E-state index in [1.807, 2.05) is 60.7 Å². The van der Waals surface area contributed by atoms with Gasteiger partial charge < -0.3 is 4.74 Å². The SMILES string of the molecule is COc1ccc(/C=N\NC(=Nc2ccccn2)c2ccccn2)cc1. The van der Waals surface area contributed by atoms with Crippen LogP contribution in [0.4, 0.5) is 5.82 Å². The Hall–Kier alpha value is -3.54. The van der Waals surface area contributed by atoms with Gasteiger partial charge in [-0.05, 0) is 54.1 Å². The molecule has 25 heavy (non-hydrogen) atoms. The highest BCUT2D eigenvalue weighted by Gasteiger charge is 2.04. The molecule has 0 spiro atoms. The van der Waals surface area contributed by atoms with Crippen LogP contribution in [0.5, 0.6) is 5.75 Å². The third kappa shape index (κ3) is 4.71. The van der Waals surface area contributed by atoms with E-state index in [-0.39, 0.29) is 0 Å². The minimum atomic E-state index is 0.518. The Morgan fingerprint density at radius 3 is 2.36 bits per heavy atom. The first-order valence-electron chi connectivity index (χ1n) is 7.69. The van der Waals surface area contributed by atoms with Crippen molar-refractivity contribution in [2.45, 2.75) is 0 Å². The standard InChI is InChI=1S/C19H17N5O/c1-25-16-10-8-15(9-11-16)14-22-24-19(17-6-2-4-12-20-17)23-18-7-3-5-13-21-18/h2-14H,1H3,(H,21,23,24)/b22-14-. The number of hydrogen-bond donors (Lipinski definition) is 1. The molecule has 1 aromatic carbocycles. The second-order valence-electron chi connectivity index (χ2n) is 5.01. The summed E-state index contributed by atoms with van der Waals surface area (Å²) in [7, 11) is 1.64. The fraction of sp³-hybridized carbons (Fsp3) is 0.0526. The molecule has 1 N–H and O–H groups in total. The van der Waals surface area contributed by atoms with Crippen LogP contribution in [0.1, 0.15) is 11.3 Å². The number of nitrogens with zero attached hydrogens (tertiary/aromatic N) is 4. The number of aromatic nitrogens is 2. The van der Waals surface area contributed by atoms with Gasteiger partial charge in [0, 0.05) is 12.4 Å². The molecular formula is C19H17N5O. The molecule has 0 aliphatic carbocycles. The third-order valence-electron chi connectivity index (χ3n) is 3.28. The van der Waals surface area contributed by atoms with Crippen molar-refractivity contribution in [3.63, 3.8) is 0 Å². The lowest BCUT2D eigenvalue weighted by Crippen LogP contribution is -2.20. The molecule has 0 aliphatic rings. The zero-order valence-electron chi connectivity index (χ0n) is 13.7. The summed E-state index contributed by atoms with van der Waals surface area (Å²) < 4.78 is 5.14. The zero-order valence-corrected chi connectivity index (χ0v) is 13.7. The predicted molar refractivity (Wildman–Crippen MR) is 98.4 cm³/mol. The van der Waals surface area contributed by atoms with Crippen LogP contribution in [-0.2, 0) is 0 Å². The van der Waals surface area contributed by atoms with Gasteiger partial charge in [-0.1, -0.05) is 12.1 Å². The van der Waals surface area contributed by atoms with Crippen LogP contribution < -0.4 is 10.2 Å². The van der Waals surface area contributed by atoms with Crippen molar-refractivity contribution in [2.75, 3.05) is 7.11 Å². The number of hydrazone groups is 1. The molecule has 0 amide bonds. The average molecular weight is 331 g/mol. The Morgan fingerprint density at radius 2 is 1.72 bits per heavy atom. The van der Waals surface area contributed by atoms with Crippen molar-refractivity contribution >= 4 is 17.9 Å². The summed E-state index contributed by atoms with van der Waals surface area (Å²) >= 11 is 0. The highest BCUT2D eigenvalue weighted by Crippen LogP contribution is 2.10. The third-order valence-corrected chi connectivity index (χ3v) is 3.28. The molecule has 124 valence electrons. The van der Waals surface area contributed by atoms with Gasteiger partial charge in [-0.15, -0.1) is 0 Å². The number of benzene rings is 1. The van der Waals surface area contributed by atoms with Crippen LogP contribution in [0.3, 0.4) is 0 Å². The summed E-state index contributed by atoms with van der Waals surface area (Å²) in [6, 6.07) is 18.7. The highest BCUT2D eigenvalue weighted by molar-refractivity contribution is 5.98. The number of hydrogen-bond acceptors (Lipinski definition) is 5. The molecule has 2 heterocycles. The lowest BCUT2D eigenvalue weighted by Gasteiger charge is -2.05. The van der Waals surface area contributed by atoms with Crippen molar-refractivity contribution < 1.29 is 4.74 Å². The Labute approximate surface area is 146 Å². The van der Waals surface area contributed by atoms with Crippen LogP contribution >= 0.6 is 0 Å². The summed E-state index contributed by atoms with van der Waals surface area (Å²) in [5.41, 5.74) is 4.56. The second kappa shape index (κ2) is 8.35. The lowest BCUT2D eigenvalue weighted by atomic mass is 10.2. The number of amidine groups is 1. The summed E-state index contributed by atoms with van der Waals surface area (Å²) in [6.45, 7) is 0. The Morgan fingerprint density at radius 1 is 0.960 bits per heavy atom. The van der Waals surface area contributed by atoms with E-state index in [4.69, 9.17) is 4.74 Å². The number of aliphatic imine (C=N–C) groups is 1. The van der Waals surface area contributed by atoms with Gasteiger partial charge in [-0.3, -0.25) is 10.4 Å². The van der Waals surface area contributed by atoms with Gasteiger partial charge in [0.25, 0.3) is 0 Å². The van der Waals surface area contributed by atoms with Gasteiger partial charge in [0.15, 0.2) is 11.7 Å². The molecule has 0 saturated carbocycles. The topological polar surface area (TPSA) is 71.8 Å². The summed E-state index contributed by atoms with van der Waals surface area (Å²) in [4.78, 5) is 13.0. The number of nitrogens with one attached hydrogen (secondary N) is 1. The monoisotopic (exact) mass is 331 g/mol. The van der Waals surface area contributed by atoms with E-state index in [1.165, 1.54) is 0 Å². The molecule has 2 aromatic heterocycles. The number of pyridine rings is 2. The normalized spacial score (nSPS) is 11.5. The maximum atomic E-state index is 5.14. The molecule has 0 atom stereocenters. The average Bonchev–Trinajstić information content (AvgIpc) is 2.69. The lowest BCUT2D eigenvalue weighted by molar-refractivity contribution is 0.415. The van der Waals surface area contributed by atoms with E-state index >= 15 is 0 Å². The van der Waals surface area contributed by atoms with Gasteiger partial charge in [-0.2, -0.15) is 5.10 Å². The molecule has 3 rings (SSSR count). The van der Waals surface area contributed by atoms with E-state index in [1.54, 1.807) is 25.7 Å². The van der Waals surface area contributed by atoms with Crippen molar-refractivity contribution in [3.8, 4) is 5.75 Å². The number of methoxy groups -OCH3 is 1. The smallest absolute Gasteiger partial charge is 0.174 e. The minimum Gasteiger partial charge on any atom is -0.497 e. The van der Waals surface area contributed by atoms with Gasteiger partial charge >= 0.3 is 0 Å². The molecule has 3 aromatic rings. The predicted octanol–water partition coefficient (Wildman–Crippen LogP) is 3.19. The highest BCUT2D eigenvalue weighted by atomic mass is 16.5. The second-order valence-corrected chi connectivity index (χ2v) is 5.01. The molecule has 0 bridgehead atoms. The van der Waals surface area contributed by atoms with Gasteiger partial charge in [-0.25, -0.2) is 9.98 Å². The van der Waals surface area contributed by atoms with E-state index < -0.39 is 0 Å². The first-order valence-corrected chi connectivity index (χ1v) is 7.69. The Kier molecular flexibility index (Phi) is 5.45. The first kappa shape index (κ1) is 16.3. The first-order chi connectivity index (χ1) is 12.3. The fourth-order valence-electron chi connectivity index (χ4n) is 2.03. The molecule has 0 aliphatic heterocycles. The maximum absolute atomic E-state index is 5.14. The van der Waals surface area contributed by atoms with Crippen LogP contribution in [0.25, 0.3) is 0 Å². The largest absolute Gasteiger partial charge is 0.497 e. The summed E-state index contributed by atoms with van der Waals surface area (Å²) in [5.74, 6) is 1.90. The van der Waals surface area contributed by atoms with Crippen LogP contribution in [0.15, 0.2) is 83.2 Å². The van der Waals surface area contributed by atoms with Crippen molar-refractivity contribution in [1.82, 2.24) is 15.4 Å². The summed E-state index contributed by atoms with van der Waals surface area (Å²) in [6.07, 6.45) is 5.10. The van der Waals surface area contributed by atoms with Crippen molar-refractivity contribution in [2.24, 2.45) is 10.1 Å². The Balaban J connectivity index is 1.80. The number of ether oxygens (including phenoxy) is 1. The van der Waals surface area contributed by atoms with E-state index in [0.717, 1.165) is 11.3 Å². The quantitative estimate of drug-likeness (QED) is 0.443. The molecular weight excluding hydrogens is 314 g/mol. The van der Waals surface area contributed by atoms with E-state index in [0.29, 0.717) is 17.3 Å². The Bertz CT molecular complexity index is 846. The van der Waals surface area contributed by atoms with E-state index in [2.05, 4.69) is 25.5 Å². The molecule has 6 nitrogen and oxygen atoms in total.